The molecule has 0 rings (SSSR count). The van der Waals surface area contributed by atoms with Gasteiger partial charge in [0, 0.05) is 13.1 Å². The molecule has 23 nitrogen and oxygen atoms in total. The molecular formula is C32H60N14O9. The van der Waals surface area contributed by atoms with Gasteiger partial charge in [-0.2, -0.15) is 0 Å². The molecule has 0 saturated heterocycles. The van der Waals surface area contributed by atoms with Crippen molar-refractivity contribution < 1.29 is 43.5 Å². The Bertz CT molecular complexity index is 1400. The van der Waals surface area contributed by atoms with Crippen molar-refractivity contribution in [1.29, 1.82) is 0 Å². The molecule has 0 spiro atoms. The van der Waals surface area contributed by atoms with Crippen molar-refractivity contribution in [3.05, 3.63) is 0 Å². The number of nitrogens with zero attached hydrogens (tertiary/aromatic N) is 2. The van der Waals surface area contributed by atoms with Crippen molar-refractivity contribution in [3.8, 4) is 0 Å². The van der Waals surface area contributed by atoms with Crippen molar-refractivity contribution >= 4 is 59.2 Å². The fourth-order valence-electron chi connectivity index (χ4n) is 4.65. The van der Waals surface area contributed by atoms with Gasteiger partial charge in [-0.05, 0) is 65.7 Å². The zero-order valence-corrected chi connectivity index (χ0v) is 32.3. The fraction of sp³-hybridized carbons (Fsp3) is 0.688. The Hall–Kier alpha value is -5.74. The van der Waals surface area contributed by atoms with E-state index < -0.39 is 89.6 Å². The number of nitrogens with two attached hydrogens (primary N) is 5. The van der Waals surface area contributed by atoms with Gasteiger partial charge in [-0.25, -0.2) is 4.79 Å². The second kappa shape index (κ2) is 25.3. The molecule has 0 bridgehead atoms. The van der Waals surface area contributed by atoms with Gasteiger partial charge in [0.1, 0.15) is 42.3 Å². The van der Waals surface area contributed by atoms with Crippen molar-refractivity contribution in [3.63, 3.8) is 0 Å². The van der Waals surface area contributed by atoms with Crippen molar-refractivity contribution in [1.82, 2.24) is 37.2 Å². The average molecular weight is 785 g/mol. The highest BCUT2D eigenvalue weighted by atomic mass is 16.4. The maximum Gasteiger partial charge on any atom is 0.326 e. The second-order valence-electron chi connectivity index (χ2n) is 13.2. The number of aliphatic imine (C=N–C) groups is 2. The van der Waals surface area contributed by atoms with E-state index in [-0.39, 0.29) is 63.2 Å². The standard InChI is InChI=1S/C32H60N14O9/c1-15(2)13-22(44-23(47)14-33)29(53)43-18(5)26(50)41-16(3)24(48)40-17(4)25(49)42-19(6)27(51)45-20(9-7-11-38-31(34)35)28(52)46-21(30(54)55)10-8-12-39-32(36)37/h15-22H,7-14,33H2,1-6H3,(H,40,48)(H,41,50)(H,42,49)(H,43,53)(H,44,47)(H,45,51)(H,46,52)(H,54,55)(H4,34,35,38)(H4,36,37,39). The van der Waals surface area contributed by atoms with Gasteiger partial charge in [0.05, 0.1) is 6.54 Å². The summed E-state index contributed by atoms with van der Waals surface area (Å²) < 4.78 is 0. The molecule has 0 aromatic rings. The van der Waals surface area contributed by atoms with E-state index in [4.69, 9.17) is 28.7 Å². The molecule has 312 valence electrons. The van der Waals surface area contributed by atoms with E-state index in [1.165, 1.54) is 27.7 Å². The third-order valence-electron chi connectivity index (χ3n) is 7.69. The molecule has 18 N–H and O–H groups in total. The minimum Gasteiger partial charge on any atom is -0.480 e. The number of nitrogens with one attached hydrogen (secondary N) is 7. The molecule has 0 aromatic carbocycles. The minimum atomic E-state index is -1.33. The predicted molar refractivity (Wildman–Crippen MR) is 202 cm³/mol. The molecule has 0 radical (unpaired) electrons. The SMILES string of the molecule is CC(C)CC(NC(=O)CN)C(=O)NC(C)C(=O)NC(C)C(=O)NC(C)C(=O)NC(C)C(=O)NC(CCCN=C(N)N)C(=O)NC(CCCN=C(N)N)C(=O)O. The Balaban J connectivity index is 5.38. The summed E-state index contributed by atoms with van der Waals surface area (Å²) in [5, 5.41) is 26.8. The number of carboxylic acids is 1. The number of carbonyl (C=O) groups is 8. The second-order valence-corrected chi connectivity index (χ2v) is 13.2. The van der Waals surface area contributed by atoms with Crippen molar-refractivity contribution in [2.75, 3.05) is 19.6 Å². The summed E-state index contributed by atoms with van der Waals surface area (Å²) in [4.78, 5) is 109. The molecular weight excluding hydrogens is 724 g/mol. The molecule has 7 amide bonds. The summed E-state index contributed by atoms with van der Waals surface area (Å²) in [7, 11) is 0. The van der Waals surface area contributed by atoms with E-state index in [0.29, 0.717) is 6.42 Å². The van der Waals surface area contributed by atoms with Gasteiger partial charge in [0.25, 0.3) is 0 Å². The number of amides is 7. The van der Waals surface area contributed by atoms with Crippen molar-refractivity contribution in [2.24, 2.45) is 44.6 Å². The lowest BCUT2D eigenvalue weighted by Gasteiger charge is -2.24. The lowest BCUT2D eigenvalue weighted by molar-refractivity contribution is -0.142. The number of carbonyl (C=O) groups excluding carboxylic acids is 7. The minimum absolute atomic E-state index is 0.00288. The van der Waals surface area contributed by atoms with Gasteiger partial charge >= 0.3 is 5.97 Å². The van der Waals surface area contributed by atoms with Gasteiger partial charge < -0.3 is 71.0 Å². The van der Waals surface area contributed by atoms with E-state index in [2.05, 4.69) is 47.2 Å². The van der Waals surface area contributed by atoms with E-state index >= 15 is 0 Å². The van der Waals surface area contributed by atoms with E-state index in [1.807, 2.05) is 13.8 Å². The molecule has 0 heterocycles. The molecule has 0 aliphatic rings. The van der Waals surface area contributed by atoms with Crippen LogP contribution in [0.2, 0.25) is 0 Å². The lowest BCUT2D eigenvalue weighted by Crippen LogP contribution is -2.58. The first-order valence-electron chi connectivity index (χ1n) is 17.7. The van der Waals surface area contributed by atoms with Gasteiger partial charge in [-0.15, -0.1) is 0 Å². The Kier molecular flexibility index (Phi) is 22.7. The number of hydrogen-bond acceptors (Lipinski definition) is 11. The van der Waals surface area contributed by atoms with Gasteiger partial charge in [-0.3, -0.25) is 43.5 Å². The number of carboxylic acid groups (broad SMARTS) is 1. The zero-order valence-electron chi connectivity index (χ0n) is 32.3. The van der Waals surface area contributed by atoms with Crippen LogP contribution in [0.15, 0.2) is 9.98 Å². The Morgan fingerprint density at radius 3 is 1.22 bits per heavy atom. The maximum absolute atomic E-state index is 13.1. The number of rotatable bonds is 25. The quantitative estimate of drug-likeness (QED) is 0.0234. The molecule has 0 aromatic heterocycles. The predicted octanol–water partition coefficient (Wildman–Crippen LogP) is -5.34. The van der Waals surface area contributed by atoms with Crippen LogP contribution in [-0.2, 0) is 38.4 Å². The first kappa shape index (κ1) is 49.3. The Morgan fingerprint density at radius 1 is 0.509 bits per heavy atom. The van der Waals surface area contributed by atoms with Crippen LogP contribution in [0.5, 0.6) is 0 Å². The zero-order chi connectivity index (χ0) is 42.4. The number of aliphatic carboxylic acids is 1. The summed E-state index contributed by atoms with van der Waals surface area (Å²) >= 11 is 0. The largest absolute Gasteiger partial charge is 0.480 e. The monoisotopic (exact) mass is 784 g/mol. The third-order valence-corrected chi connectivity index (χ3v) is 7.69. The van der Waals surface area contributed by atoms with Crippen LogP contribution < -0.4 is 65.9 Å². The smallest absolute Gasteiger partial charge is 0.326 e. The van der Waals surface area contributed by atoms with Crippen LogP contribution in [0.25, 0.3) is 0 Å². The lowest BCUT2D eigenvalue weighted by atomic mass is 10.0. The normalized spacial score (nSPS) is 14.5. The molecule has 0 fully saturated rings. The Labute approximate surface area is 319 Å². The first-order chi connectivity index (χ1) is 25.6. The number of hydrogen-bond donors (Lipinski definition) is 13. The van der Waals surface area contributed by atoms with Crippen LogP contribution in [0.3, 0.4) is 0 Å². The van der Waals surface area contributed by atoms with Gasteiger partial charge in [0.2, 0.25) is 41.4 Å². The maximum atomic E-state index is 13.1. The summed E-state index contributed by atoms with van der Waals surface area (Å²) in [6.45, 7) is 9.00. The van der Waals surface area contributed by atoms with Crippen LogP contribution in [0.4, 0.5) is 0 Å². The molecule has 0 saturated carbocycles. The van der Waals surface area contributed by atoms with E-state index in [9.17, 15) is 43.5 Å². The van der Waals surface area contributed by atoms with E-state index in [1.54, 1.807) is 0 Å². The summed E-state index contributed by atoms with van der Waals surface area (Å²) in [5.74, 6) is -6.69. The van der Waals surface area contributed by atoms with Gasteiger partial charge in [-0.1, -0.05) is 13.8 Å². The molecule has 0 aliphatic heterocycles. The number of guanidine groups is 2. The molecule has 7 atom stereocenters. The average Bonchev–Trinajstić information content (AvgIpc) is 3.09. The van der Waals surface area contributed by atoms with Crippen molar-refractivity contribution in [2.45, 2.75) is 116 Å². The fourth-order valence-corrected chi connectivity index (χ4v) is 4.65. The topological polar surface area (TPSA) is 396 Å². The van der Waals surface area contributed by atoms with Gasteiger partial charge in [0.15, 0.2) is 11.9 Å². The molecule has 7 unspecified atom stereocenters. The molecule has 0 aliphatic carbocycles. The van der Waals surface area contributed by atoms with Crippen LogP contribution in [-0.4, -0.2) is 126 Å². The van der Waals surface area contributed by atoms with Crippen LogP contribution >= 0.6 is 0 Å². The highest BCUT2D eigenvalue weighted by Crippen LogP contribution is 2.06. The van der Waals surface area contributed by atoms with Crippen LogP contribution in [0, 0.1) is 5.92 Å². The summed E-state index contributed by atoms with van der Waals surface area (Å²) in [6.07, 6.45) is 0.715. The van der Waals surface area contributed by atoms with Crippen LogP contribution in [0.1, 0.15) is 73.6 Å². The third kappa shape index (κ3) is 20.9. The highest BCUT2D eigenvalue weighted by Gasteiger charge is 2.30. The first-order valence-corrected chi connectivity index (χ1v) is 17.7. The highest BCUT2D eigenvalue weighted by molar-refractivity contribution is 5.97. The summed E-state index contributed by atoms with van der Waals surface area (Å²) in [6, 6.07) is -8.20. The molecule has 23 heteroatoms. The molecule has 55 heavy (non-hydrogen) atoms. The van der Waals surface area contributed by atoms with E-state index in [0.717, 1.165) is 0 Å². The summed E-state index contributed by atoms with van der Waals surface area (Å²) in [5.41, 5.74) is 26.6. The Morgan fingerprint density at radius 2 is 0.855 bits per heavy atom.